The molecule has 92 valence electrons. The maximum absolute atomic E-state index is 11.8. The van der Waals surface area contributed by atoms with E-state index in [1.54, 1.807) is 25.1 Å². The smallest absolute Gasteiger partial charge is 0.243 e. The quantitative estimate of drug-likeness (QED) is 0.659. The highest BCUT2D eigenvalue weighted by Gasteiger charge is 2.21. The summed E-state index contributed by atoms with van der Waals surface area (Å²) in [6.07, 6.45) is 0. The normalized spacial score (nSPS) is 19.9. The number of aromatic hydroxyl groups is 1. The van der Waals surface area contributed by atoms with Crippen LogP contribution in [0.4, 0.5) is 5.69 Å². The maximum Gasteiger partial charge on any atom is 0.243 e. The average molecular weight is 236 g/mol. The van der Waals surface area contributed by atoms with Gasteiger partial charge in [0.2, 0.25) is 5.91 Å². The van der Waals surface area contributed by atoms with Gasteiger partial charge >= 0.3 is 0 Å². The lowest BCUT2D eigenvalue weighted by atomic mass is 10.2. The summed E-state index contributed by atoms with van der Waals surface area (Å²) in [5, 5.41) is 15.2. The summed E-state index contributed by atoms with van der Waals surface area (Å²) in [6, 6.07) is 4.66. The molecule has 5 heteroatoms. The highest BCUT2D eigenvalue weighted by molar-refractivity contribution is 5.95. The van der Waals surface area contributed by atoms with E-state index in [4.69, 9.17) is 4.74 Å². The largest absolute Gasteiger partial charge is 0.508 e. The number of hydrogen-bond donors (Lipinski definition) is 3. The Labute approximate surface area is 99.8 Å². The summed E-state index contributed by atoms with van der Waals surface area (Å²) < 4.78 is 5.22. The number of nitrogens with one attached hydrogen (secondary N) is 2. The number of phenolic OH excluding ortho intramolecular Hbond substituents is 1. The number of aryl methyl sites for hydroxylation is 1. The molecule has 0 radical (unpaired) electrons. The molecule has 1 fully saturated rings. The topological polar surface area (TPSA) is 70.6 Å². The molecule has 1 unspecified atom stereocenters. The van der Waals surface area contributed by atoms with Gasteiger partial charge in [0.25, 0.3) is 0 Å². The van der Waals surface area contributed by atoms with Gasteiger partial charge in [-0.3, -0.25) is 4.79 Å². The Hall–Kier alpha value is -1.59. The van der Waals surface area contributed by atoms with Crippen molar-refractivity contribution >= 4 is 11.6 Å². The summed E-state index contributed by atoms with van der Waals surface area (Å²) in [5.41, 5.74) is 1.41. The number of carbonyl (C=O) groups is 1. The lowest BCUT2D eigenvalue weighted by Crippen LogP contribution is -2.48. The van der Waals surface area contributed by atoms with Crippen molar-refractivity contribution in [2.75, 3.05) is 25.1 Å². The molecule has 0 aliphatic carbocycles. The van der Waals surface area contributed by atoms with Gasteiger partial charge in [-0.1, -0.05) is 0 Å². The molecule has 0 saturated carbocycles. The van der Waals surface area contributed by atoms with Crippen molar-refractivity contribution in [1.29, 1.82) is 0 Å². The minimum absolute atomic E-state index is 0.116. The summed E-state index contributed by atoms with van der Waals surface area (Å²) in [5.74, 6) is 0.108. The summed E-state index contributed by atoms with van der Waals surface area (Å²) in [4.78, 5) is 11.8. The van der Waals surface area contributed by atoms with Crippen LogP contribution in [0.1, 0.15) is 5.56 Å². The Morgan fingerprint density at radius 1 is 1.59 bits per heavy atom. The standard InChI is InChI=1S/C12H16N2O3/c1-8-6-9(2-3-11(8)15)14-12(16)10-7-17-5-4-13-10/h2-3,6,10,13,15H,4-5,7H2,1H3,(H,14,16). The van der Waals surface area contributed by atoms with Crippen LogP contribution < -0.4 is 10.6 Å². The van der Waals surface area contributed by atoms with Crippen molar-refractivity contribution in [3.63, 3.8) is 0 Å². The lowest BCUT2D eigenvalue weighted by molar-refractivity contribution is -0.120. The number of ether oxygens (including phenoxy) is 1. The second kappa shape index (κ2) is 5.16. The number of amides is 1. The van der Waals surface area contributed by atoms with Crippen LogP contribution in [-0.4, -0.2) is 36.8 Å². The molecule has 1 amide bonds. The van der Waals surface area contributed by atoms with Crippen LogP contribution in [0.15, 0.2) is 18.2 Å². The summed E-state index contributed by atoms with van der Waals surface area (Å²) in [7, 11) is 0. The molecule has 1 aliphatic heterocycles. The first-order valence-electron chi connectivity index (χ1n) is 5.58. The van der Waals surface area contributed by atoms with Gasteiger partial charge in [0.1, 0.15) is 11.8 Å². The third kappa shape index (κ3) is 2.95. The zero-order chi connectivity index (χ0) is 12.3. The van der Waals surface area contributed by atoms with E-state index in [1.165, 1.54) is 0 Å². The van der Waals surface area contributed by atoms with Crippen molar-refractivity contribution in [3.8, 4) is 5.75 Å². The SMILES string of the molecule is Cc1cc(NC(=O)C2COCCN2)ccc1O. The maximum atomic E-state index is 11.8. The van der Waals surface area contributed by atoms with Gasteiger partial charge < -0.3 is 20.5 Å². The molecule has 17 heavy (non-hydrogen) atoms. The van der Waals surface area contributed by atoms with E-state index in [0.717, 1.165) is 5.56 Å². The van der Waals surface area contributed by atoms with Gasteiger partial charge in [0, 0.05) is 12.2 Å². The van der Waals surface area contributed by atoms with E-state index in [2.05, 4.69) is 10.6 Å². The van der Waals surface area contributed by atoms with Crippen molar-refractivity contribution in [2.24, 2.45) is 0 Å². The van der Waals surface area contributed by atoms with Crippen LogP contribution in [0.25, 0.3) is 0 Å². The second-order valence-electron chi connectivity index (χ2n) is 4.07. The fraction of sp³-hybridized carbons (Fsp3) is 0.417. The van der Waals surface area contributed by atoms with Crippen LogP contribution in [0.2, 0.25) is 0 Å². The van der Waals surface area contributed by atoms with Gasteiger partial charge in [-0.05, 0) is 30.7 Å². The fourth-order valence-corrected chi connectivity index (χ4v) is 1.70. The molecule has 5 nitrogen and oxygen atoms in total. The first kappa shape index (κ1) is 11.9. The Morgan fingerprint density at radius 3 is 3.06 bits per heavy atom. The molecule has 1 aliphatic rings. The van der Waals surface area contributed by atoms with Crippen molar-refractivity contribution in [3.05, 3.63) is 23.8 Å². The minimum atomic E-state index is -0.308. The van der Waals surface area contributed by atoms with E-state index < -0.39 is 0 Å². The van der Waals surface area contributed by atoms with Crippen LogP contribution in [-0.2, 0) is 9.53 Å². The third-order valence-corrected chi connectivity index (χ3v) is 2.70. The van der Waals surface area contributed by atoms with Gasteiger partial charge in [-0.15, -0.1) is 0 Å². The molecule has 0 aromatic heterocycles. The number of anilines is 1. The van der Waals surface area contributed by atoms with E-state index >= 15 is 0 Å². The molecule has 1 aromatic rings. The molecule has 1 saturated heterocycles. The Morgan fingerprint density at radius 2 is 2.41 bits per heavy atom. The van der Waals surface area contributed by atoms with Gasteiger partial charge in [0.05, 0.1) is 13.2 Å². The predicted octanol–water partition coefficient (Wildman–Crippen LogP) is 0.628. The highest BCUT2D eigenvalue weighted by atomic mass is 16.5. The molecule has 0 bridgehead atoms. The number of rotatable bonds is 2. The molecular weight excluding hydrogens is 220 g/mol. The Balaban J connectivity index is 1.99. The van der Waals surface area contributed by atoms with E-state index in [9.17, 15) is 9.90 Å². The zero-order valence-electron chi connectivity index (χ0n) is 9.69. The first-order chi connectivity index (χ1) is 8.16. The van der Waals surface area contributed by atoms with Crippen molar-refractivity contribution in [1.82, 2.24) is 5.32 Å². The fourth-order valence-electron chi connectivity index (χ4n) is 1.70. The minimum Gasteiger partial charge on any atom is -0.508 e. The van der Waals surface area contributed by atoms with E-state index in [0.29, 0.717) is 25.4 Å². The van der Waals surface area contributed by atoms with Crippen LogP contribution in [0, 0.1) is 6.92 Å². The second-order valence-corrected chi connectivity index (χ2v) is 4.07. The number of hydrogen-bond acceptors (Lipinski definition) is 4. The molecule has 1 heterocycles. The van der Waals surface area contributed by atoms with E-state index in [1.807, 2.05) is 0 Å². The Kier molecular flexibility index (Phi) is 3.61. The van der Waals surface area contributed by atoms with Crippen molar-refractivity contribution in [2.45, 2.75) is 13.0 Å². The van der Waals surface area contributed by atoms with Crippen LogP contribution in [0.5, 0.6) is 5.75 Å². The summed E-state index contributed by atoms with van der Waals surface area (Å²) >= 11 is 0. The third-order valence-electron chi connectivity index (χ3n) is 2.70. The molecule has 3 N–H and O–H groups in total. The number of carbonyl (C=O) groups excluding carboxylic acids is 1. The number of morpholine rings is 1. The highest BCUT2D eigenvalue weighted by Crippen LogP contribution is 2.20. The monoisotopic (exact) mass is 236 g/mol. The number of benzene rings is 1. The summed E-state index contributed by atoms with van der Waals surface area (Å²) in [6.45, 7) is 3.50. The molecule has 1 atom stereocenters. The van der Waals surface area contributed by atoms with Gasteiger partial charge in [-0.2, -0.15) is 0 Å². The average Bonchev–Trinajstić information content (AvgIpc) is 2.35. The first-order valence-corrected chi connectivity index (χ1v) is 5.58. The molecule has 2 rings (SSSR count). The number of phenols is 1. The van der Waals surface area contributed by atoms with Gasteiger partial charge in [-0.25, -0.2) is 0 Å². The van der Waals surface area contributed by atoms with Crippen LogP contribution >= 0.6 is 0 Å². The molecule has 1 aromatic carbocycles. The Bertz CT molecular complexity index is 414. The molecular formula is C12H16N2O3. The van der Waals surface area contributed by atoms with Gasteiger partial charge in [0.15, 0.2) is 0 Å². The lowest BCUT2D eigenvalue weighted by Gasteiger charge is -2.22. The zero-order valence-corrected chi connectivity index (χ0v) is 9.69. The van der Waals surface area contributed by atoms with Crippen molar-refractivity contribution < 1.29 is 14.6 Å². The van der Waals surface area contributed by atoms with E-state index in [-0.39, 0.29) is 17.7 Å². The van der Waals surface area contributed by atoms with Crippen LogP contribution in [0.3, 0.4) is 0 Å². The predicted molar refractivity (Wildman–Crippen MR) is 64.1 cm³/mol. The molecule has 0 spiro atoms.